The molecule has 144 valence electrons. The third-order valence-electron chi connectivity index (χ3n) is 5.76. The molecule has 2 saturated heterocycles. The summed E-state index contributed by atoms with van der Waals surface area (Å²) >= 11 is 0. The minimum absolute atomic E-state index is 0.0599. The Balaban J connectivity index is 1.62. The number of rotatable bonds is 5. The molecule has 0 saturated carbocycles. The number of piperazine rings is 1. The molecule has 2 aliphatic heterocycles. The maximum Gasteiger partial charge on any atom is 0.274 e. The largest absolute Gasteiger partial charge is 0.396 e. The summed E-state index contributed by atoms with van der Waals surface area (Å²) in [5.74, 6) is -0.0599. The van der Waals surface area contributed by atoms with Crippen molar-refractivity contribution >= 4 is 5.91 Å². The van der Waals surface area contributed by atoms with Crippen molar-refractivity contribution in [1.29, 1.82) is 0 Å². The number of amides is 1. The highest BCUT2D eigenvalue weighted by Gasteiger charge is 2.35. The van der Waals surface area contributed by atoms with Crippen LogP contribution < -0.4 is 0 Å². The first-order valence-electron chi connectivity index (χ1n) is 9.76. The smallest absolute Gasteiger partial charge is 0.274 e. The van der Waals surface area contributed by atoms with E-state index in [1.165, 1.54) is 6.20 Å². The predicted molar refractivity (Wildman–Crippen MR) is 99.9 cm³/mol. The van der Waals surface area contributed by atoms with Gasteiger partial charge in [0.2, 0.25) is 0 Å². The van der Waals surface area contributed by atoms with Gasteiger partial charge in [0.15, 0.2) is 0 Å². The summed E-state index contributed by atoms with van der Waals surface area (Å²) in [6.07, 6.45) is 7.69. The van der Waals surface area contributed by atoms with Gasteiger partial charge in [-0.2, -0.15) is 0 Å². The number of hydrogen-bond donors (Lipinski definition) is 1. The molecule has 1 N–H and O–H groups in total. The molecule has 0 aliphatic carbocycles. The van der Waals surface area contributed by atoms with Gasteiger partial charge in [-0.05, 0) is 46.2 Å². The van der Waals surface area contributed by atoms with E-state index in [4.69, 9.17) is 0 Å². The van der Waals surface area contributed by atoms with Crippen LogP contribution >= 0.6 is 0 Å². The van der Waals surface area contributed by atoms with Crippen LogP contribution in [-0.4, -0.2) is 93.1 Å². The van der Waals surface area contributed by atoms with Crippen molar-refractivity contribution < 1.29 is 9.90 Å². The van der Waals surface area contributed by atoms with Gasteiger partial charge in [-0.3, -0.25) is 14.7 Å². The minimum atomic E-state index is -0.0599. The highest BCUT2D eigenvalue weighted by atomic mass is 16.3. The summed E-state index contributed by atoms with van der Waals surface area (Å²) in [6, 6.07) is 1.37. The molecular formula is C19H31N5O2. The lowest BCUT2D eigenvalue weighted by Gasteiger charge is -2.48. The third-order valence-corrected chi connectivity index (χ3v) is 5.76. The SMILES string of the molecule is CC(C)N1CCC(N2CCN(C(=O)c3cnccn3)CC2CCO)CC1. The molecule has 0 bridgehead atoms. The molecule has 0 radical (unpaired) electrons. The number of aliphatic hydroxyl groups excluding tert-OH is 1. The Labute approximate surface area is 156 Å². The summed E-state index contributed by atoms with van der Waals surface area (Å²) < 4.78 is 0. The Morgan fingerprint density at radius 3 is 2.62 bits per heavy atom. The number of aromatic nitrogens is 2. The first kappa shape index (κ1) is 19.2. The van der Waals surface area contributed by atoms with Gasteiger partial charge in [-0.15, -0.1) is 0 Å². The number of hydrogen-bond acceptors (Lipinski definition) is 6. The number of carbonyl (C=O) groups is 1. The number of piperidine rings is 1. The molecule has 1 atom stereocenters. The average Bonchev–Trinajstić information content (AvgIpc) is 2.68. The molecule has 1 aromatic heterocycles. The molecule has 1 aromatic rings. The summed E-state index contributed by atoms with van der Waals surface area (Å²) in [7, 11) is 0. The number of aliphatic hydroxyl groups is 1. The van der Waals surface area contributed by atoms with E-state index in [1.54, 1.807) is 12.4 Å². The molecule has 7 heteroatoms. The fourth-order valence-electron chi connectivity index (χ4n) is 4.25. The van der Waals surface area contributed by atoms with E-state index >= 15 is 0 Å². The number of carbonyl (C=O) groups excluding carboxylic acids is 1. The number of likely N-dealkylation sites (tertiary alicyclic amines) is 1. The quantitative estimate of drug-likeness (QED) is 0.839. The Hall–Kier alpha value is -1.57. The molecule has 0 aromatic carbocycles. The van der Waals surface area contributed by atoms with E-state index in [0.717, 1.165) is 32.5 Å². The van der Waals surface area contributed by atoms with Crippen LogP contribution in [0.3, 0.4) is 0 Å². The van der Waals surface area contributed by atoms with Crippen LogP contribution in [0.1, 0.15) is 43.6 Å². The lowest BCUT2D eigenvalue weighted by Crippen LogP contribution is -2.59. The molecule has 0 spiro atoms. The molecular weight excluding hydrogens is 330 g/mol. The van der Waals surface area contributed by atoms with Gasteiger partial charge in [-0.1, -0.05) is 0 Å². The first-order valence-corrected chi connectivity index (χ1v) is 9.76. The van der Waals surface area contributed by atoms with Crippen LogP contribution in [0.4, 0.5) is 0 Å². The second-order valence-electron chi connectivity index (χ2n) is 7.61. The van der Waals surface area contributed by atoms with Gasteiger partial charge in [0.05, 0.1) is 6.20 Å². The lowest BCUT2D eigenvalue weighted by molar-refractivity contribution is 0.00392. The zero-order valence-corrected chi connectivity index (χ0v) is 15.9. The molecule has 2 fully saturated rings. The van der Waals surface area contributed by atoms with Crippen LogP contribution in [0.2, 0.25) is 0 Å². The van der Waals surface area contributed by atoms with Crippen molar-refractivity contribution in [1.82, 2.24) is 24.7 Å². The van der Waals surface area contributed by atoms with Crippen molar-refractivity contribution in [3.63, 3.8) is 0 Å². The highest BCUT2D eigenvalue weighted by molar-refractivity contribution is 5.92. The molecule has 1 amide bonds. The standard InChI is InChI=1S/C19H31N5O2/c1-15(2)22-8-3-16(4-9-22)24-11-10-23(14-17(24)5-12-25)19(26)18-13-20-6-7-21-18/h6-7,13,15-17,25H,3-5,8-12,14H2,1-2H3. The second kappa shape index (κ2) is 8.88. The van der Waals surface area contributed by atoms with Crippen LogP contribution in [-0.2, 0) is 0 Å². The van der Waals surface area contributed by atoms with E-state index in [9.17, 15) is 9.90 Å². The summed E-state index contributed by atoms with van der Waals surface area (Å²) in [6.45, 7) is 9.15. The van der Waals surface area contributed by atoms with E-state index in [0.29, 0.717) is 37.3 Å². The normalized spacial score (nSPS) is 23.5. The predicted octanol–water partition coefficient (Wildman–Crippen LogP) is 0.858. The van der Waals surface area contributed by atoms with Gasteiger partial charge >= 0.3 is 0 Å². The fourth-order valence-corrected chi connectivity index (χ4v) is 4.25. The van der Waals surface area contributed by atoms with E-state index in [-0.39, 0.29) is 18.6 Å². The van der Waals surface area contributed by atoms with Crippen molar-refractivity contribution in [3.05, 3.63) is 24.3 Å². The highest BCUT2D eigenvalue weighted by Crippen LogP contribution is 2.24. The maximum atomic E-state index is 12.7. The van der Waals surface area contributed by atoms with Gasteiger partial charge in [0, 0.05) is 56.8 Å². The molecule has 7 nitrogen and oxygen atoms in total. The Bertz CT molecular complexity index is 575. The molecule has 3 rings (SSSR count). The van der Waals surface area contributed by atoms with Crippen LogP contribution in [0.15, 0.2) is 18.6 Å². The van der Waals surface area contributed by atoms with Crippen molar-refractivity contribution in [3.8, 4) is 0 Å². The van der Waals surface area contributed by atoms with Crippen LogP contribution in [0.5, 0.6) is 0 Å². The van der Waals surface area contributed by atoms with E-state index in [2.05, 4.69) is 33.6 Å². The van der Waals surface area contributed by atoms with Gasteiger partial charge in [0.1, 0.15) is 5.69 Å². The zero-order chi connectivity index (χ0) is 18.5. The van der Waals surface area contributed by atoms with Crippen LogP contribution in [0, 0.1) is 0 Å². The van der Waals surface area contributed by atoms with E-state index < -0.39 is 0 Å². The van der Waals surface area contributed by atoms with Crippen molar-refractivity contribution in [2.24, 2.45) is 0 Å². The summed E-state index contributed by atoms with van der Waals surface area (Å²) in [5, 5.41) is 9.53. The summed E-state index contributed by atoms with van der Waals surface area (Å²) in [4.78, 5) is 27.8. The Morgan fingerprint density at radius 2 is 2.00 bits per heavy atom. The van der Waals surface area contributed by atoms with Gasteiger partial charge in [0.25, 0.3) is 5.91 Å². The number of nitrogens with zero attached hydrogens (tertiary/aromatic N) is 5. The average molecular weight is 361 g/mol. The second-order valence-corrected chi connectivity index (χ2v) is 7.61. The molecule has 1 unspecified atom stereocenters. The molecule has 26 heavy (non-hydrogen) atoms. The monoisotopic (exact) mass is 361 g/mol. The minimum Gasteiger partial charge on any atom is -0.396 e. The van der Waals surface area contributed by atoms with Gasteiger partial charge in [-0.25, -0.2) is 4.98 Å². The molecule has 2 aliphatic rings. The zero-order valence-electron chi connectivity index (χ0n) is 15.9. The lowest BCUT2D eigenvalue weighted by atomic mass is 9.97. The van der Waals surface area contributed by atoms with Crippen molar-refractivity contribution in [2.75, 3.05) is 39.3 Å². The maximum absolute atomic E-state index is 12.7. The fraction of sp³-hybridized carbons (Fsp3) is 0.737. The Kier molecular flexibility index (Phi) is 6.56. The Morgan fingerprint density at radius 1 is 1.23 bits per heavy atom. The topological polar surface area (TPSA) is 72.8 Å². The summed E-state index contributed by atoms with van der Waals surface area (Å²) in [5.41, 5.74) is 0.397. The first-order chi connectivity index (χ1) is 12.6. The van der Waals surface area contributed by atoms with Gasteiger partial charge < -0.3 is 14.9 Å². The molecule has 3 heterocycles. The van der Waals surface area contributed by atoms with Crippen LogP contribution in [0.25, 0.3) is 0 Å². The van der Waals surface area contributed by atoms with Crippen molar-refractivity contribution in [2.45, 2.75) is 51.2 Å². The van der Waals surface area contributed by atoms with E-state index in [1.807, 2.05) is 4.90 Å². The third kappa shape index (κ3) is 4.39.